The normalized spacial score (nSPS) is 11.2. The molecular formula is C18H25ClN2O2S. The molecule has 0 amide bonds. The highest BCUT2D eigenvalue weighted by Gasteiger charge is 2.16. The van der Waals surface area contributed by atoms with Crippen LogP contribution in [0.3, 0.4) is 0 Å². The van der Waals surface area contributed by atoms with E-state index in [1.54, 1.807) is 24.3 Å². The van der Waals surface area contributed by atoms with E-state index in [2.05, 4.69) is 17.0 Å². The van der Waals surface area contributed by atoms with E-state index in [1.807, 2.05) is 24.3 Å². The minimum atomic E-state index is -3.24. The van der Waals surface area contributed by atoms with Crippen molar-refractivity contribution >= 4 is 22.2 Å². The van der Waals surface area contributed by atoms with E-state index in [1.165, 1.54) is 5.56 Å². The summed E-state index contributed by atoms with van der Waals surface area (Å²) in [5.74, 6) is 0.117. The molecule has 2 aromatic carbocycles. The predicted molar refractivity (Wildman–Crippen MR) is 101 cm³/mol. The summed E-state index contributed by atoms with van der Waals surface area (Å²) in [5.41, 5.74) is 6.91. The van der Waals surface area contributed by atoms with Crippen LogP contribution in [0.1, 0.15) is 5.56 Å². The van der Waals surface area contributed by atoms with Crippen LogP contribution in [0.2, 0.25) is 0 Å². The van der Waals surface area contributed by atoms with Crippen LogP contribution in [0.15, 0.2) is 65.6 Å². The summed E-state index contributed by atoms with van der Waals surface area (Å²) in [5, 5.41) is 0. The molecule has 0 aromatic heterocycles. The second-order valence-electron chi connectivity index (χ2n) is 5.50. The number of nitrogens with two attached hydrogens (primary N) is 1. The third kappa shape index (κ3) is 6.61. The molecule has 132 valence electrons. The number of benzene rings is 2. The summed E-state index contributed by atoms with van der Waals surface area (Å²) in [4.78, 5) is 2.50. The van der Waals surface area contributed by atoms with Crippen LogP contribution in [-0.2, 0) is 16.3 Å². The number of hydrogen-bond donors (Lipinski definition) is 1. The zero-order valence-electron chi connectivity index (χ0n) is 13.7. The molecule has 0 aliphatic rings. The van der Waals surface area contributed by atoms with Crippen LogP contribution >= 0.6 is 12.4 Å². The van der Waals surface area contributed by atoms with E-state index >= 15 is 0 Å². The van der Waals surface area contributed by atoms with Gasteiger partial charge in [-0.2, -0.15) is 0 Å². The molecule has 0 heterocycles. The SMILES string of the molecule is Cl.NCCN(CCc1ccccc1)CCS(=O)(=O)c1ccccc1. The van der Waals surface area contributed by atoms with Crippen molar-refractivity contribution in [2.24, 2.45) is 5.73 Å². The summed E-state index contributed by atoms with van der Waals surface area (Å²) >= 11 is 0. The Morgan fingerprint density at radius 3 is 2.00 bits per heavy atom. The molecule has 24 heavy (non-hydrogen) atoms. The first-order valence-electron chi connectivity index (χ1n) is 7.86. The zero-order chi connectivity index (χ0) is 16.5. The molecule has 0 spiro atoms. The molecular weight excluding hydrogens is 344 g/mol. The van der Waals surface area contributed by atoms with Gasteiger partial charge in [-0.1, -0.05) is 48.5 Å². The van der Waals surface area contributed by atoms with Gasteiger partial charge in [-0.15, -0.1) is 12.4 Å². The fourth-order valence-electron chi connectivity index (χ4n) is 2.44. The molecule has 0 unspecified atom stereocenters. The Hall–Kier alpha value is -1.40. The second-order valence-corrected chi connectivity index (χ2v) is 7.61. The zero-order valence-corrected chi connectivity index (χ0v) is 15.3. The van der Waals surface area contributed by atoms with Gasteiger partial charge < -0.3 is 10.6 Å². The molecule has 4 nitrogen and oxygen atoms in total. The van der Waals surface area contributed by atoms with E-state index in [4.69, 9.17) is 5.73 Å². The molecule has 2 rings (SSSR count). The van der Waals surface area contributed by atoms with Gasteiger partial charge in [-0.3, -0.25) is 0 Å². The van der Waals surface area contributed by atoms with E-state index in [0.717, 1.165) is 13.0 Å². The van der Waals surface area contributed by atoms with Crippen molar-refractivity contribution < 1.29 is 8.42 Å². The van der Waals surface area contributed by atoms with Crippen molar-refractivity contribution in [3.63, 3.8) is 0 Å². The van der Waals surface area contributed by atoms with Gasteiger partial charge in [0, 0.05) is 26.2 Å². The molecule has 0 fully saturated rings. The van der Waals surface area contributed by atoms with Crippen LogP contribution in [0.25, 0.3) is 0 Å². The summed E-state index contributed by atoms with van der Waals surface area (Å²) < 4.78 is 24.7. The first kappa shape index (κ1) is 20.6. The summed E-state index contributed by atoms with van der Waals surface area (Å²) in [6.07, 6.45) is 0.895. The molecule has 6 heteroatoms. The fourth-order valence-corrected chi connectivity index (χ4v) is 3.75. The topological polar surface area (TPSA) is 63.4 Å². The van der Waals surface area contributed by atoms with E-state index in [-0.39, 0.29) is 18.2 Å². The maximum atomic E-state index is 12.4. The van der Waals surface area contributed by atoms with E-state index in [9.17, 15) is 8.42 Å². The van der Waals surface area contributed by atoms with Gasteiger partial charge in [0.2, 0.25) is 0 Å². The van der Waals surface area contributed by atoms with Crippen molar-refractivity contribution in [2.45, 2.75) is 11.3 Å². The first-order valence-corrected chi connectivity index (χ1v) is 9.51. The van der Waals surface area contributed by atoms with E-state index in [0.29, 0.717) is 24.5 Å². The third-order valence-electron chi connectivity index (χ3n) is 3.78. The van der Waals surface area contributed by atoms with Crippen molar-refractivity contribution in [1.29, 1.82) is 0 Å². The molecule has 2 aromatic rings. The van der Waals surface area contributed by atoms with Crippen LogP contribution < -0.4 is 5.73 Å². The van der Waals surface area contributed by atoms with Crippen LogP contribution in [-0.4, -0.2) is 45.2 Å². The van der Waals surface area contributed by atoms with Crippen LogP contribution in [0.4, 0.5) is 0 Å². The predicted octanol–water partition coefficient (Wildman–Crippen LogP) is 2.39. The third-order valence-corrected chi connectivity index (χ3v) is 5.49. The molecule has 0 radical (unpaired) electrons. The minimum Gasteiger partial charge on any atom is -0.329 e. The van der Waals surface area contributed by atoms with Gasteiger partial charge in [0.15, 0.2) is 9.84 Å². The first-order chi connectivity index (χ1) is 11.1. The molecule has 2 N–H and O–H groups in total. The van der Waals surface area contributed by atoms with Gasteiger partial charge in [0.1, 0.15) is 0 Å². The Morgan fingerprint density at radius 2 is 1.42 bits per heavy atom. The Bertz CT molecular complexity index is 679. The number of sulfone groups is 1. The number of rotatable bonds is 9. The number of nitrogens with zero attached hydrogens (tertiary/aromatic N) is 1. The summed E-state index contributed by atoms with van der Waals surface area (Å²) in [6.45, 7) is 2.55. The smallest absolute Gasteiger partial charge is 0.179 e. The fraction of sp³-hybridized carbons (Fsp3) is 0.333. The quantitative estimate of drug-likeness (QED) is 0.738. The standard InChI is InChI=1S/C18H24N2O2S.ClH/c19-12-14-20(13-11-17-7-3-1-4-8-17)15-16-23(21,22)18-9-5-2-6-10-18;/h1-10H,11-16,19H2;1H. The highest BCUT2D eigenvalue weighted by Crippen LogP contribution is 2.10. The van der Waals surface area contributed by atoms with Gasteiger partial charge in [0.05, 0.1) is 10.6 Å². The lowest BCUT2D eigenvalue weighted by Gasteiger charge is -2.21. The van der Waals surface area contributed by atoms with Crippen molar-refractivity contribution in [3.8, 4) is 0 Å². The Morgan fingerprint density at radius 1 is 0.833 bits per heavy atom. The summed E-state index contributed by atoms with van der Waals surface area (Å²) in [6, 6.07) is 18.8. The number of hydrogen-bond acceptors (Lipinski definition) is 4. The maximum Gasteiger partial charge on any atom is 0.179 e. The van der Waals surface area contributed by atoms with Crippen LogP contribution in [0.5, 0.6) is 0 Å². The van der Waals surface area contributed by atoms with Crippen LogP contribution in [0, 0.1) is 0 Å². The average Bonchev–Trinajstić information content (AvgIpc) is 2.59. The van der Waals surface area contributed by atoms with Crippen molar-refractivity contribution in [1.82, 2.24) is 4.90 Å². The minimum absolute atomic E-state index is 0. The summed E-state index contributed by atoms with van der Waals surface area (Å²) in [7, 11) is -3.24. The highest BCUT2D eigenvalue weighted by molar-refractivity contribution is 7.91. The Kier molecular flexibility index (Phi) is 9.00. The number of halogens is 1. The lowest BCUT2D eigenvalue weighted by molar-refractivity contribution is 0.301. The van der Waals surface area contributed by atoms with Gasteiger partial charge >= 0.3 is 0 Å². The van der Waals surface area contributed by atoms with Gasteiger partial charge in [0.25, 0.3) is 0 Å². The van der Waals surface area contributed by atoms with Crippen molar-refractivity contribution in [2.75, 3.05) is 31.9 Å². The lowest BCUT2D eigenvalue weighted by atomic mass is 10.1. The molecule has 0 aliphatic carbocycles. The van der Waals surface area contributed by atoms with Gasteiger partial charge in [-0.05, 0) is 24.1 Å². The lowest BCUT2D eigenvalue weighted by Crippen LogP contribution is -2.35. The Balaban J connectivity index is 0.00000288. The average molecular weight is 369 g/mol. The largest absolute Gasteiger partial charge is 0.329 e. The molecule has 0 aliphatic heterocycles. The highest BCUT2D eigenvalue weighted by atomic mass is 35.5. The monoisotopic (exact) mass is 368 g/mol. The molecule has 0 atom stereocenters. The van der Waals surface area contributed by atoms with Crippen molar-refractivity contribution in [3.05, 3.63) is 66.2 Å². The molecule has 0 saturated carbocycles. The Labute approximate surface area is 151 Å². The van der Waals surface area contributed by atoms with E-state index < -0.39 is 9.84 Å². The molecule has 0 saturated heterocycles. The second kappa shape index (κ2) is 10.5. The molecule has 0 bridgehead atoms. The maximum absolute atomic E-state index is 12.4. The van der Waals surface area contributed by atoms with Gasteiger partial charge in [-0.25, -0.2) is 8.42 Å².